The molecular formula is C19H27N3O3. The number of nitrogens with zero attached hydrogens (tertiary/aromatic N) is 2. The molecule has 6 nitrogen and oxygen atoms in total. The molecule has 6 heteroatoms. The van der Waals surface area contributed by atoms with Gasteiger partial charge in [0.05, 0.1) is 12.3 Å². The van der Waals surface area contributed by atoms with E-state index in [-0.39, 0.29) is 6.10 Å². The number of nitrogens with one attached hydrogen (secondary N) is 1. The maximum Gasteiger partial charge on any atom is 0.119 e. The van der Waals surface area contributed by atoms with Crippen LogP contribution in [0.5, 0.6) is 5.75 Å². The maximum absolute atomic E-state index is 10.5. The Labute approximate surface area is 148 Å². The van der Waals surface area contributed by atoms with Crippen molar-refractivity contribution in [1.29, 1.82) is 0 Å². The third-order valence-electron chi connectivity index (χ3n) is 4.51. The van der Waals surface area contributed by atoms with Crippen molar-refractivity contribution < 1.29 is 14.6 Å². The monoisotopic (exact) mass is 345 g/mol. The molecule has 1 aliphatic heterocycles. The van der Waals surface area contributed by atoms with E-state index in [1.807, 2.05) is 37.5 Å². The summed E-state index contributed by atoms with van der Waals surface area (Å²) in [6.45, 7) is 4.39. The van der Waals surface area contributed by atoms with E-state index in [1.165, 1.54) is 0 Å². The van der Waals surface area contributed by atoms with Crippen LogP contribution < -0.4 is 10.1 Å². The van der Waals surface area contributed by atoms with Gasteiger partial charge in [-0.15, -0.1) is 0 Å². The van der Waals surface area contributed by atoms with E-state index >= 15 is 0 Å². The first-order valence-corrected chi connectivity index (χ1v) is 8.78. The zero-order chi connectivity index (χ0) is 17.7. The average molecular weight is 345 g/mol. The van der Waals surface area contributed by atoms with Crippen molar-refractivity contribution in [3.63, 3.8) is 0 Å². The topological polar surface area (TPSA) is 68.5 Å². The number of ether oxygens (including phenoxy) is 2. The van der Waals surface area contributed by atoms with E-state index in [1.54, 1.807) is 17.8 Å². The van der Waals surface area contributed by atoms with Crippen molar-refractivity contribution in [1.82, 2.24) is 15.1 Å². The van der Waals surface area contributed by atoms with Gasteiger partial charge in [-0.3, -0.25) is 4.68 Å². The molecule has 1 aliphatic rings. The van der Waals surface area contributed by atoms with Crippen LogP contribution in [0.2, 0.25) is 0 Å². The number of aryl methyl sites for hydroxylation is 1. The minimum Gasteiger partial charge on any atom is -0.491 e. The quantitative estimate of drug-likeness (QED) is 0.766. The van der Waals surface area contributed by atoms with E-state index in [0.29, 0.717) is 19.7 Å². The van der Waals surface area contributed by atoms with Crippen LogP contribution in [0.25, 0.3) is 0 Å². The summed E-state index contributed by atoms with van der Waals surface area (Å²) in [6, 6.07) is 8.03. The lowest BCUT2D eigenvalue weighted by atomic mass is 9.99. The molecule has 0 aliphatic carbocycles. The molecule has 0 spiro atoms. The molecule has 2 N–H and O–H groups in total. The predicted molar refractivity (Wildman–Crippen MR) is 95.4 cm³/mol. The number of aromatic nitrogens is 2. The van der Waals surface area contributed by atoms with Gasteiger partial charge in [-0.2, -0.15) is 5.10 Å². The first kappa shape index (κ1) is 17.9. The highest BCUT2D eigenvalue weighted by Crippen LogP contribution is 2.19. The normalized spacial score (nSPS) is 19.7. The molecule has 2 heterocycles. The third-order valence-corrected chi connectivity index (χ3v) is 4.51. The van der Waals surface area contributed by atoms with Crippen LogP contribution in [0, 0.1) is 0 Å². The summed E-state index contributed by atoms with van der Waals surface area (Å²) in [7, 11) is 1.84. The Morgan fingerprint density at radius 1 is 1.40 bits per heavy atom. The number of hydrogen-bond acceptors (Lipinski definition) is 5. The molecule has 1 fully saturated rings. The molecule has 136 valence electrons. The van der Waals surface area contributed by atoms with Gasteiger partial charge in [0.25, 0.3) is 0 Å². The molecule has 1 aromatic carbocycles. The molecule has 1 aromatic heterocycles. The van der Waals surface area contributed by atoms with E-state index in [9.17, 15) is 5.11 Å². The van der Waals surface area contributed by atoms with E-state index < -0.39 is 5.60 Å². The van der Waals surface area contributed by atoms with E-state index in [0.717, 1.165) is 36.3 Å². The number of benzene rings is 1. The zero-order valence-electron chi connectivity index (χ0n) is 14.9. The second-order valence-corrected chi connectivity index (χ2v) is 6.87. The Hall–Kier alpha value is -1.89. The Morgan fingerprint density at radius 2 is 2.20 bits per heavy atom. The standard InChI is InChI=1S/C19H27N3O3/c1-19(23,16-11-21-22(2)12-16)14-20-10-15-5-7-17(8-6-15)25-13-18-4-3-9-24-18/h5-8,11-12,18,20,23H,3-4,9-10,13-14H2,1-2H3. The first-order chi connectivity index (χ1) is 12.0. The van der Waals surface area contributed by atoms with Crippen molar-refractivity contribution in [3.05, 3.63) is 47.8 Å². The Bertz CT molecular complexity index is 661. The van der Waals surface area contributed by atoms with Crippen LogP contribution in [0.1, 0.15) is 30.9 Å². The minimum absolute atomic E-state index is 0.232. The largest absolute Gasteiger partial charge is 0.491 e. The summed E-state index contributed by atoms with van der Waals surface area (Å²) < 4.78 is 13.0. The Morgan fingerprint density at radius 3 is 2.84 bits per heavy atom. The predicted octanol–water partition coefficient (Wildman–Crippen LogP) is 1.98. The lowest BCUT2D eigenvalue weighted by Gasteiger charge is -2.22. The van der Waals surface area contributed by atoms with Gasteiger partial charge in [0.15, 0.2) is 0 Å². The summed E-state index contributed by atoms with van der Waals surface area (Å²) in [6.07, 6.45) is 5.97. The van der Waals surface area contributed by atoms with Gasteiger partial charge >= 0.3 is 0 Å². The van der Waals surface area contributed by atoms with Crippen LogP contribution >= 0.6 is 0 Å². The molecule has 0 radical (unpaired) electrons. The van der Waals surface area contributed by atoms with Gasteiger partial charge in [0.2, 0.25) is 0 Å². The molecule has 3 rings (SSSR count). The van der Waals surface area contributed by atoms with Gasteiger partial charge in [0, 0.05) is 38.5 Å². The summed E-state index contributed by atoms with van der Waals surface area (Å²) >= 11 is 0. The van der Waals surface area contributed by atoms with E-state index in [2.05, 4.69) is 10.4 Å². The molecule has 25 heavy (non-hydrogen) atoms. The van der Waals surface area contributed by atoms with Crippen LogP contribution in [0.15, 0.2) is 36.7 Å². The summed E-state index contributed by atoms with van der Waals surface area (Å²) in [5, 5.41) is 18.0. The van der Waals surface area contributed by atoms with Gasteiger partial charge in [-0.1, -0.05) is 12.1 Å². The molecule has 0 saturated carbocycles. The average Bonchev–Trinajstić information content (AvgIpc) is 3.26. The smallest absolute Gasteiger partial charge is 0.119 e. The van der Waals surface area contributed by atoms with E-state index in [4.69, 9.17) is 9.47 Å². The highest BCUT2D eigenvalue weighted by molar-refractivity contribution is 5.27. The molecule has 2 atom stereocenters. The molecule has 0 bridgehead atoms. The second kappa shape index (κ2) is 7.99. The maximum atomic E-state index is 10.5. The highest BCUT2D eigenvalue weighted by Gasteiger charge is 2.24. The first-order valence-electron chi connectivity index (χ1n) is 8.78. The molecule has 2 unspecified atom stereocenters. The SMILES string of the molecule is Cn1cc(C(C)(O)CNCc2ccc(OCC3CCCO3)cc2)cn1. The van der Waals surface area contributed by atoms with Gasteiger partial charge < -0.3 is 19.9 Å². The highest BCUT2D eigenvalue weighted by atomic mass is 16.5. The van der Waals surface area contributed by atoms with Gasteiger partial charge in [0.1, 0.15) is 18.0 Å². The molecular weight excluding hydrogens is 318 g/mol. The molecule has 1 saturated heterocycles. The third kappa shape index (κ3) is 5.04. The summed E-state index contributed by atoms with van der Waals surface area (Å²) in [5.41, 5.74) is 1.00. The number of rotatable bonds is 8. The molecule has 0 amide bonds. The fourth-order valence-corrected chi connectivity index (χ4v) is 2.92. The Balaban J connectivity index is 1.43. The fraction of sp³-hybridized carbons (Fsp3) is 0.526. The van der Waals surface area contributed by atoms with Gasteiger partial charge in [-0.25, -0.2) is 0 Å². The van der Waals surface area contributed by atoms with Crippen molar-refractivity contribution >= 4 is 0 Å². The van der Waals surface area contributed by atoms with Gasteiger partial charge in [-0.05, 0) is 37.5 Å². The number of aliphatic hydroxyl groups is 1. The van der Waals surface area contributed by atoms with Crippen LogP contribution in [0.3, 0.4) is 0 Å². The molecule has 2 aromatic rings. The fourth-order valence-electron chi connectivity index (χ4n) is 2.92. The van der Waals surface area contributed by atoms with Crippen LogP contribution in [-0.4, -0.2) is 40.7 Å². The number of hydrogen-bond donors (Lipinski definition) is 2. The summed E-state index contributed by atoms with van der Waals surface area (Å²) in [4.78, 5) is 0. The van der Waals surface area contributed by atoms with Crippen molar-refractivity contribution in [2.75, 3.05) is 19.8 Å². The van der Waals surface area contributed by atoms with Crippen molar-refractivity contribution in [3.8, 4) is 5.75 Å². The second-order valence-electron chi connectivity index (χ2n) is 6.87. The Kier molecular flexibility index (Phi) is 5.73. The van der Waals surface area contributed by atoms with Crippen molar-refractivity contribution in [2.45, 2.75) is 38.0 Å². The lowest BCUT2D eigenvalue weighted by molar-refractivity contribution is 0.0566. The van der Waals surface area contributed by atoms with Crippen LogP contribution in [-0.2, 0) is 23.9 Å². The zero-order valence-corrected chi connectivity index (χ0v) is 14.9. The van der Waals surface area contributed by atoms with Crippen LogP contribution in [0.4, 0.5) is 0 Å². The van der Waals surface area contributed by atoms with Crippen molar-refractivity contribution in [2.24, 2.45) is 7.05 Å². The minimum atomic E-state index is -0.946. The lowest BCUT2D eigenvalue weighted by Crippen LogP contribution is -2.34. The summed E-state index contributed by atoms with van der Waals surface area (Å²) in [5.74, 6) is 0.863.